The second-order valence-corrected chi connectivity index (χ2v) is 19.3. The van der Waals surface area contributed by atoms with E-state index in [2.05, 4.69) is 67.8 Å². The molecule has 11 heteroatoms. The average Bonchev–Trinajstić information content (AvgIpc) is 3.33. The van der Waals surface area contributed by atoms with Gasteiger partial charge < -0.3 is 50.5 Å². The van der Waals surface area contributed by atoms with Crippen molar-refractivity contribution in [1.29, 1.82) is 0 Å². The van der Waals surface area contributed by atoms with E-state index >= 15 is 0 Å². The van der Waals surface area contributed by atoms with Gasteiger partial charge in [0.15, 0.2) is 6.29 Å². The molecule has 1 fully saturated rings. The maximum atomic E-state index is 13.1. The smallest absolute Gasteiger partial charge is 0.249 e. The molecule has 1 aliphatic heterocycles. The molecule has 9 atom stereocenters. The zero-order chi connectivity index (χ0) is 49.0. The van der Waals surface area contributed by atoms with Gasteiger partial charge in [0.25, 0.3) is 0 Å². The Hall–Kier alpha value is -1.93. The van der Waals surface area contributed by atoms with E-state index in [0.29, 0.717) is 19.3 Å². The van der Waals surface area contributed by atoms with E-state index in [1.54, 1.807) is 0 Å². The number of aliphatic hydroxyl groups excluding tert-OH is 7. The second kappa shape index (κ2) is 45.2. The van der Waals surface area contributed by atoms with Crippen LogP contribution >= 0.6 is 0 Å². The maximum absolute atomic E-state index is 13.1. The van der Waals surface area contributed by atoms with Gasteiger partial charge in [-0.15, -0.1) is 0 Å². The van der Waals surface area contributed by atoms with Gasteiger partial charge in [-0.1, -0.05) is 204 Å². The zero-order valence-electron chi connectivity index (χ0n) is 42.6. The summed E-state index contributed by atoms with van der Waals surface area (Å²) in [6.07, 6.45) is 44.4. The summed E-state index contributed by atoms with van der Waals surface area (Å²) in [5.74, 6) is -0.715. The third-order valence-electron chi connectivity index (χ3n) is 13.1. The van der Waals surface area contributed by atoms with Gasteiger partial charge in [-0.3, -0.25) is 4.79 Å². The molecular formula is C56H103NO10. The number of ether oxygens (including phenoxy) is 2. The van der Waals surface area contributed by atoms with Crippen molar-refractivity contribution in [2.24, 2.45) is 0 Å². The maximum Gasteiger partial charge on any atom is 0.249 e. The highest BCUT2D eigenvalue weighted by atomic mass is 16.7. The number of allylic oxidation sites excluding steroid dienone is 8. The molecule has 0 aromatic carbocycles. The van der Waals surface area contributed by atoms with Gasteiger partial charge in [0.05, 0.1) is 25.4 Å². The number of hydrogen-bond donors (Lipinski definition) is 8. The van der Waals surface area contributed by atoms with E-state index in [4.69, 9.17) is 9.47 Å². The van der Waals surface area contributed by atoms with Gasteiger partial charge in [0, 0.05) is 0 Å². The van der Waals surface area contributed by atoms with E-state index < -0.39 is 74.2 Å². The minimum atomic E-state index is -1.67. The molecule has 0 radical (unpaired) electrons. The number of hydrogen-bond acceptors (Lipinski definition) is 10. The number of carbonyl (C=O) groups is 1. The van der Waals surface area contributed by atoms with Crippen LogP contribution < -0.4 is 5.32 Å². The fourth-order valence-electron chi connectivity index (χ4n) is 8.57. The number of unbranched alkanes of at least 4 members (excludes halogenated alkanes) is 27. The van der Waals surface area contributed by atoms with Crippen molar-refractivity contribution in [2.45, 2.75) is 287 Å². The van der Waals surface area contributed by atoms with Crippen LogP contribution in [-0.4, -0.2) is 110 Å². The Morgan fingerprint density at radius 3 is 1.45 bits per heavy atom. The number of aliphatic hydroxyl groups is 7. The van der Waals surface area contributed by atoms with Gasteiger partial charge >= 0.3 is 0 Å². The number of rotatable bonds is 46. The molecule has 0 aromatic heterocycles. The molecule has 1 rings (SSSR count). The largest absolute Gasteiger partial charge is 0.394 e. The van der Waals surface area contributed by atoms with Crippen LogP contribution in [0.4, 0.5) is 0 Å². The minimum absolute atomic E-state index is 0.244. The SMILES string of the molecule is CCCCC/C=C\C=C/CCCCCCCCCCCC(O)C(=O)NC(COC1OC(CO)C(O)C(O)C1O)C(O)C(O)CCC/C=C/CC/C=C/CCCCCCCCCCCCCCC. The first kappa shape index (κ1) is 63.1. The Balaban J connectivity index is 2.39. The number of carbonyl (C=O) groups excluding carboxylic acids is 1. The third kappa shape index (κ3) is 34.1. The van der Waals surface area contributed by atoms with Crippen molar-refractivity contribution >= 4 is 5.91 Å². The first-order valence-corrected chi connectivity index (χ1v) is 27.6. The van der Waals surface area contributed by atoms with Crippen molar-refractivity contribution in [3.05, 3.63) is 48.6 Å². The van der Waals surface area contributed by atoms with Gasteiger partial charge in [-0.05, 0) is 77.0 Å². The monoisotopic (exact) mass is 950 g/mol. The molecule has 67 heavy (non-hydrogen) atoms. The van der Waals surface area contributed by atoms with E-state index in [9.17, 15) is 40.5 Å². The summed E-state index contributed by atoms with van der Waals surface area (Å²) < 4.78 is 11.1. The fourth-order valence-corrected chi connectivity index (χ4v) is 8.57. The van der Waals surface area contributed by atoms with E-state index in [1.165, 1.54) is 135 Å². The molecule has 0 spiro atoms. The van der Waals surface area contributed by atoms with Crippen LogP contribution in [0.5, 0.6) is 0 Å². The Morgan fingerprint density at radius 1 is 0.522 bits per heavy atom. The van der Waals surface area contributed by atoms with Crippen LogP contribution in [0.3, 0.4) is 0 Å². The molecule has 1 amide bonds. The average molecular weight is 950 g/mol. The lowest BCUT2D eigenvalue weighted by molar-refractivity contribution is -0.303. The first-order valence-electron chi connectivity index (χ1n) is 27.6. The molecule has 0 saturated carbocycles. The first-order chi connectivity index (χ1) is 32.7. The van der Waals surface area contributed by atoms with Crippen molar-refractivity contribution in [3.8, 4) is 0 Å². The predicted molar refractivity (Wildman–Crippen MR) is 275 cm³/mol. The molecule has 0 aromatic rings. The molecule has 9 unspecified atom stereocenters. The minimum Gasteiger partial charge on any atom is -0.394 e. The topological polar surface area (TPSA) is 189 Å². The molecule has 392 valence electrons. The van der Waals surface area contributed by atoms with E-state index in [1.807, 2.05) is 0 Å². The van der Waals surface area contributed by atoms with Crippen molar-refractivity contribution in [3.63, 3.8) is 0 Å². The lowest BCUT2D eigenvalue weighted by Crippen LogP contribution is -2.60. The van der Waals surface area contributed by atoms with Gasteiger partial charge in [0.1, 0.15) is 36.6 Å². The third-order valence-corrected chi connectivity index (χ3v) is 13.1. The van der Waals surface area contributed by atoms with Gasteiger partial charge in [-0.2, -0.15) is 0 Å². The highest BCUT2D eigenvalue weighted by Gasteiger charge is 2.44. The van der Waals surface area contributed by atoms with Crippen LogP contribution in [0.1, 0.15) is 232 Å². The quantitative estimate of drug-likeness (QED) is 0.0166. The van der Waals surface area contributed by atoms with Crippen molar-refractivity contribution < 1.29 is 50.0 Å². The highest BCUT2D eigenvalue weighted by Crippen LogP contribution is 2.23. The summed E-state index contributed by atoms with van der Waals surface area (Å²) in [5.41, 5.74) is 0. The molecule has 1 saturated heterocycles. The Labute approximate surface area is 409 Å². The summed E-state index contributed by atoms with van der Waals surface area (Å²) in [6, 6.07) is -1.19. The molecule has 1 aliphatic rings. The number of nitrogens with one attached hydrogen (secondary N) is 1. The zero-order valence-corrected chi connectivity index (χ0v) is 42.6. The van der Waals surface area contributed by atoms with E-state index in [-0.39, 0.29) is 12.8 Å². The van der Waals surface area contributed by atoms with E-state index in [0.717, 1.165) is 51.4 Å². The van der Waals surface area contributed by atoms with Crippen LogP contribution in [0.2, 0.25) is 0 Å². The predicted octanol–water partition coefficient (Wildman–Crippen LogP) is 10.9. The Bertz CT molecular complexity index is 1230. The highest BCUT2D eigenvalue weighted by molar-refractivity contribution is 5.80. The second-order valence-electron chi connectivity index (χ2n) is 19.3. The molecule has 1 heterocycles. The number of amides is 1. The molecule has 8 N–H and O–H groups in total. The van der Waals surface area contributed by atoms with Gasteiger partial charge in [-0.25, -0.2) is 0 Å². The lowest BCUT2D eigenvalue weighted by Gasteiger charge is -2.40. The lowest BCUT2D eigenvalue weighted by atomic mass is 9.98. The molecule has 11 nitrogen and oxygen atoms in total. The Morgan fingerprint density at radius 2 is 0.940 bits per heavy atom. The van der Waals surface area contributed by atoms with Gasteiger partial charge in [0.2, 0.25) is 5.91 Å². The molecule has 0 bridgehead atoms. The summed E-state index contributed by atoms with van der Waals surface area (Å²) in [7, 11) is 0. The van der Waals surface area contributed by atoms with Crippen molar-refractivity contribution in [2.75, 3.05) is 13.2 Å². The van der Waals surface area contributed by atoms with Crippen LogP contribution in [-0.2, 0) is 14.3 Å². The van der Waals surface area contributed by atoms with Crippen LogP contribution in [0.15, 0.2) is 48.6 Å². The summed E-state index contributed by atoms with van der Waals surface area (Å²) in [4.78, 5) is 13.1. The standard InChI is InChI=1S/C56H103NO10/c1-3-5-7-9-11-13-15-17-19-21-23-24-25-26-28-29-31-33-35-37-39-41-43-48(59)51(61)47(46-66-56-54(64)53(63)52(62)50(45-58)67-56)57-55(65)49(60)44-42-40-38-36-34-32-30-27-22-20-18-16-14-12-10-8-6-4-2/h12,14,16,18,28-29,35,37,47-54,56,58-64H,3-11,13,15,17,19-27,30-34,36,38-46H2,1-2H3,(H,57,65)/b14-12-,18-16-,29-28+,37-35+. The van der Waals surface area contributed by atoms with Crippen LogP contribution in [0, 0.1) is 0 Å². The normalized spacial score (nSPS) is 21.0. The fraction of sp³-hybridized carbons (Fsp3) is 0.839. The van der Waals surface area contributed by atoms with Crippen molar-refractivity contribution in [1.82, 2.24) is 5.32 Å². The Kier molecular flexibility index (Phi) is 42.6. The molecular weight excluding hydrogens is 847 g/mol. The summed E-state index contributed by atoms with van der Waals surface area (Å²) >= 11 is 0. The summed E-state index contributed by atoms with van der Waals surface area (Å²) in [5, 5.41) is 76.0. The summed E-state index contributed by atoms with van der Waals surface area (Å²) in [6.45, 7) is 3.41. The van der Waals surface area contributed by atoms with Crippen LogP contribution in [0.25, 0.3) is 0 Å². The molecule has 0 aliphatic carbocycles.